The van der Waals surface area contributed by atoms with E-state index in [1.807, 2.05) is 36.0 Å². The molecular formula is C22H34IN5OS. The van der Waals surface area contributed by atoms with Crippen LogP contribution < -0.4 is 10.6 Å². The summed E-state index contributed by atoms with van der Waals surface area (Å²) in [6.07, 6.45) is 8.21. The van der Waals surface area contributed by atoms with E-state index in [4.69, 9.17) is 4.99 Å². The Kier molecular flexibility index (Phi) is 10.8. The Balaban J connectivity index is 0.00000320. The van der Waals surface area contributed by atoms with Gasteiger partial charge in [-0.2, -0.15) is 5.10 Å². The first-order valence-electron chi connectivity index (χ1n) is 10.6. The number of hydrogen-bond acceptors (Lipinski definition) is 3. The monoisotopic (exact) mass is 543 g/mol. The maximum atomic E-state index is 12.2. The minimum absolute atomic E-state index is 0. The molecule has 2 N–H and O–H groups in total. The van der Waals surface area contributed by atoms with Crippen molar-refractivity contribution in [2.75, 3.05) is 12.3 Å². The molecule has 0 amide bonds. The van der Waals surface area contributed by atoms with Crippen LogP contribution in [-0.4, -0.2) is 43.5 Å². The SMILES string of the molecule is CCNC(=NCc1cnn(Cc2ccccc2)c1)NC1CCCC(S(=O)CC)C1.I. The van der Waals surface area contributed by atoms with Crippen molar-refractivity contribution >= 4 is 40.7 Å². The number of hydrogen-bond donors (Lipinski definition) is 2. The highest BCUT2D eigenvalue weighted by molar-refractivity contribution is 14.0. The quantitative estimate of drug-likeness (QED) is 0.303. The number of halogens is 1. The number of nitrogens with one attached hydrogen (secondary N) is 2. The normalized spacial score (nSPS) is 20.3. The van der Waals surface area contributed by atoms with Crippen molar-refractivity contribution in [2.45, 2.75) is 63.9 Å². The first kappa shape index (κ1) is 24.8. The smallest absolute Gasteiger partial charge is 0.191 e. The second-order valence-corrected chi connectivity index (χ2v) is 9.53. The molecule has 30 heavy (non-hydrogen) atoms. The topological polar surface area (TPSA) is 71.3 Å². The zero-order chi connectivity index (χ0) is 20.5. The highest BCUT2D eigenvalue weighted by Gasteiger charge is 2.26. The van der Waals surface area contributed by atoms with E-state index >= 15 is 0 Å². The average molecular weight is 544 g/mol. The van der Waals surface area contributed by atoms with Crippen LogP contribution in [0.2, 0.25) is 0 Å². The lowest BCUT2D eigenvalue weighted by Crippen LogP contribution is -2.46. The van der Waals surface area contributed by atoms with Crippen molar-refractivity contribution in [3.05, 3.63) is 53.9 Å². The molecule has 0 radical (unpaired) electrons. The van der Waals surface area contributed by atoms with Gasteiger partial charge in [-0.15, -0.1) is 24.0 Å². The lowest BCUT2D eigenvalue weighted by molar-refractivity contribution is 0.413. The summed E-state index contributed by atoms with van der Waals surface area (Å²) in [7, 11) is -0.712. The zero-order valence-corrected chi connectivity index (χ0v) is 21.1. The van der Waals surface area contributed by atoms with Gasteiger partial charge in [0.05, 0.1) is 19.3 Å². The van der Waals surface area contributed by atoms with Crippen LogP contribution in [0.1, 0.15) is 50.7 Å². The molecule has 8 heteroatoms. The van der Waals surface area contributed by atoms with E-state index in [-0.39, 0.29) is 24.0 Å². The molecule has 166 valence electrons. The lowest BCUT2D eigenvalue weighted by atomic mass is 9.95. The third kappa shape index (κ3) is 7.68. The van der Waals surface area contributed by atoms with Crippen molar-refractivity contribution < 1.29 is 4.21 Å². The molecule has 1 aromatic carbocycles. The summed E-state index contributed by atoms with van der Waals surface area (Å²) in [5, 5.41) is 11.7. The van der Waals surface area contributed by atoms with Gasteiger partial charge in [0.1, 0.15) is 0 Å². The van der Waals surface area contributed by atoms with Crippen LogP contribution in [-0.2, 0) is 23.9 Å². The van der Waals surface area contributed by atoms with Crippen LogP contribution >= 0.6 is 24.0 Å². The highest BCUT2D eigenvalue weighted by Crippen LogP contribution is 2.23. The molecule has 0 aliphatic heterocycles. The van der Waals surface area contributed by atoms with Gasteiger partial charge in [0, 0.05) is 46.1 Å². The van der Waals surface area contributed by atoms with Crippen LogP contribution in [0.25, 0.3) is 0 Å². The van der Waals surface area contributed by atoms with Crippen LogP contribution in [0.5, 0.6) is 0 Å². The Labute approximate surface area is 199 Å². The van der Waals surface area contributed by atoms with E-state index in [0.29, 0.717) is 17.8 Å². The molecule has 1 fully saturated rings. The first-order valence-corrected chi connectivity index (χ1v) is 12.0. The van der Waals surface area contributed by atoms with Crippen molar-refractivity contribution in [1.82, 2.24) is 20.4 Å². The minimum atomic E-state index is -0.712. The Hall–Kier alpha value is -1.42. The van der Waals surface area contributed by atoms with Crippen molar-refractivity contribution in [3.63, 3.8) is 0 Å². The van der Waals surface area contributed by atoms with E-state index in [0.717, 1.165) is 56.0 Å². The van der Waals surface area contributed by atoms with Crippen molar-refractivity contribution in [3.8, 4) is 0 Å². The number of nitrogens with zero attached hydrogens (tertiary/aromatic N) is 3. The van der Waals surface area contributed by atoms with E-state index in [9.17, 15) is 4.21 Å². The first-order chi connectivity index (χ1) is 14.2. The van der Waals surface area contributed by atoms with Crippen molar-refractivity contribution in [1.29, 1.82) is 0 Å². The Bertz CT molecular complexity index is 811. The van der Waals surface area contributed by atoms with Crippen LogP contribution in [0.15, 0.2) is 47.7 Å². The largest absolute Gasteiger partial charge is 0.357 e. The average Bonchev–Trinajstić information content (AvgIpc) is 3.20. The maximum Gasteiger partial charge on any atom is 0.191 e. The molecule has 0 spiro atoms. The van der Waals surface area contributed by atoms with Crippen LogP contribution in [0, 0.1) is 0 Å². The fraction of sp³-hybridized carbons (Fsp3) is 0.545. The maximum absolute atomic E-state index is 12.2. The van der Waals surface area contributed by atoms with E-state index < -0.39 is 10.8 Å². The molecule has 1 aromatic heterocycles. The molecule has 1 heterocycles. The van der Waals surface area contributed by atoms with Crippen molar-refractivity contribution in [2.24, 2.45) is 4.99 Å². The summed E-state index contributed by atoms with van der Waals surface area (Å²) in [4.78, 5) is 4.75. The second kappa shape index (κ2) is 13.1. The van der Waals surface area contributed by atoms with Gasteiger partial charge < -0.3 is 10.6 Å². The summed E-state index contributed by atoms with van der Waals surface area (Å²) in [5.74, 6) is 1.58. The molecule has 1 aliphatic rings. The predicted molar refractivity (Wildman–Crippen MR) is 136 cm³/mol. The standard InChI is InChI=1S/C22H33N5OS.HI/c1-3-23-22(26-20-11-8-12-21(13-20)29(28)4-2)24-14-19-15-25-27(17-19)16-18-9-6-5-7-10-18;/h5-7,9-10,15,17,20-21H,3-4,8,11-14,16H2,1-2H3,(H2,23,24,26);1H. The Morgan fingerprint density at radius 1 is 1.23 bits per heavy atom. The van der Waals surface area contributed by atoms with E-state index in [2.05, 4.69) is 41.0 Å². The van der Waals surface area contributed by atoms with Gasteiger partial charge in [-0.25, -0.2) is 4.99 Å². The summed E-state index contributed by atoms with van der Waals surface area (Å²) < 4.78 is 14.1. The zero-order valence-electron chi connectivity index (χ0n) is 17.9. The molecule has 6 nitrogen and oxygen atoms in total. The molecular weight excluding hydrogens is 509 g/mol. The molecule has 2 aromatic rings. The molecule has 3 rings (SSSR count). The van der Waals surface area contributed by atoms with Gasteiger partial charge in [0.15, 0.2) is 5.96 Å². The molecule has 3 atom stereocenters. The van der Waals surface area contributed by atoms with Crippen LogP contribution in [0.3, 0.4) is 0 Å². The second-order valence-electron chi connectivity index (χ2n) is 7.53. The summed E-state index contributed by atoms with van der Waals surface area (Å²) in [6.45, 7) is 6.25. The van der Waals surface area contributed by atoms with Gasteiger partial charge in [-0.05, 0) is 31.7 Å². The lowest BCUT2D eigenvalue weighted by Gasteiger charge is -2.30. The summed E-state index contributed by atoms with van der Waals surface area (Å²) in [5.41, 5.74) is 2.32. The van der Waals surface area contributed by atoms with E-state index in [1.165, 1.54) is 5.56 Å². The number of benzene rings is 1. The van der Waals surface area contributed by atoms with Gasteiger partial charge in [-0.3, -0.25) is 8.89 Å². The van der Waals surface area contributed by atoms with Gasteiger partial charge in [0.2, 0.25) is 0 Å². The minimum Gasteiger partial charge on any atom is -0.357 e. The fourth-order valence-corrected chi connectivity index (χ4v) is 5.13. The Morgan fingerprint density at radius 2 is 2.03 bits per heavy atom. The van der Waals surface area contributed by atoms with E-state index in [1.54, 1.807) is 0 Å². The molecule has 0 bridgehead atoms. The fourth-order valence-electron chi connectivity index (χ4n) is 3.78. The predicted octanol–water partition coefficient (Wildman–Crippen LogP) is 3.68. The molecule has 3 unspecified atom stereocenters. The third-order valence-corrected chi connectivity index (χ3v) is 7.00. The summed E-state index contributed by atoms with van der Waals surface area (Å²) in [6, 6.07) is 10.7. The summed E-state index contributed by atoms with van der Waals surface area (Å²) >= 11 is 0. The van der Waals surface area contributed by atoms with Gasteiger partial charge >= 0.3 is 0 Å². The van der Waals surface area contributed by atoms with Gasteiger partial charge in [-0.1, -0.05) is 43.7 Å². The number of aromatic nitrogens is 2. The molecule has 0 saturated heterocycles. The molecule has 1 aliphatic carbocycles. The van der Waals surface area contributed by atoms with Crippen LogP contribution in [0.4, 0.5) is 0 Å². The number of rotatable bonds is 8. The number of guanidine groups is 1. The number of aliphatic imine (C=N–C) groups is 1. The molecule has 1 saturated carbocycles. The highest BCUT2D eigenvalue weighted by atomic mass is 127. The Morgan fingerprint density at radius 3 is 2.77 bits per heavy atom. The van der Waals surface area contributed by atoms with Gasteiger partial charge in [0.25, 0.3) is 0 Å². The third-order valence-electron chi connectivity index (χ3n) is 5.26.